The van der Waals surface area contributed by atoms with Crippen molar-refractivity contribution < 1.29 is 22.1 Å². The van der Waals surface area contributed by atoms with Gasteiger partial charge in [0, 0.05) is 12.5 Å². The molecule has 0 saturated carbocycles. The molecule has 0 aromatic heterocycles. The molecule has 0 spiro atoms. The number of unbranched alkanes of at least 4 members (excludes halogenated alkanes) is 1. The number of hydrogen-bond acceptors (Lipinski definition) is 5. The fourth-order valence-electron chi connectivity index (χ4n) is 0.778. The zero-order valence-electron chi connectivity index (χ0n) is 7.97. The van der Waals surface area contributed by atoms with Crippen molar-refractivity contribution >= 4 is 17.0 Å². The van der Waals surface area contributed by atoms with Crippen molar-refractivity contribution in [2.75, 3.05) is 0 Å². The van der Waals surface area contributed by atoms with Crippen molar-refractivity contribution in [2.24, 2.45) is 0 Å². The Balaban J connectivity index is 4.08. The van der Waals surface area contributed by atoms with Gasteiger partial charge in [0.1, 0.15) is 0 Å². The molecular weight excluding hydrogens is 208 g/mol. The zero-order valence-corrected chi connectivity index (χ0v) is 8.87. The molecule has 5 nitrogen and oxygen atoms in total. The van der Waals surface area contributed by atoms with Crippen molar-refractivity contribution in [3.8, 4) is 0 Å². The molecule has 0 heterocycles. The molecule has 0 aliphatic carbocycles. The van der Waals surface area contributed by atoms with Gasteiger partial charge in [-0.1, -0.05) is 19.9 Å². The summed E-state index contributed by atoms with van der Waals surface area (Å²) in [5.74, 6) is -0.692. The van der Waals surface area contributed by atoms with Crippen LogP contribution < -0.4 is 0 Å². The molecule has 6 heteroatoms. The van der Waals surface area contributed by atoms with E-state index in [2.05, 4.69) is 15.5 Å². The van der Waals surface area contributed by atoms with Crippen LogP contribution in [0.2, 0.25) is 0 Å². The molecule has 0 amide bonds. The van der Waals surface area contributed by atoms with E-state index >= 15 is 0 Å². The van der Waals surface area contributed by atoms with Gasteiger partial charge < -0.3 is 4.74 Å². The fraction of sp³-hybridized carbons (Fsp3) is 0.625. The van der Waals surface area contributed by atoms with Gasteiger partial charge in [-0.05, 0) is 6.42 Å². The standard InChI is InChI=1S/C8H14O5S/c1-3-5-6-8(13-14(10)11)12-7(9)4-2/h4,8,14H,2-3,5-6H2,1H3. The molecule has 1 atom stereocenters. The normalized spacial score (nSPS) is 12.4. The Morgan fingerprint density at radius 2 is 2.21 bits per heavy atom. The molecule has 0 bridgehead atoms. The average molecular weight is 222 g/mol. The number of hydrogen-bond donors (Lipinski definition) is 1. The molecule has 0 aliphatic heterocycles. The van der Waals surface area contributed by atoms with Gasteiger partial charge in [0.15, 0.2) is 0 Å². The number of carbonyl (C=O) groups excluding carboxylic acids is 1. The summed E-state index contributed by atoms with van der Waals surface area (Å²) >= 11 is 0. The number of carbonyl (C=O) groups is 1. The third kappa shape index (κ3) is 6.62. The van der Waals surface area contributed by atoms with Crippen LogP contribution in [0.4, 0.5) is 0 Å². The van der Waals surface area contributed by atoms with Crippen LogP contribution in [0.15, 0.2) is 12.7 Å². The summed E-state index contributed by atoms with van der Waals surface area (Å²) in [5, 5.41) is 0. The van der Waals surface area contributed by atoms with Crippen molar-refractivity contribution in [1.82, 2.24) is 0 Å². The van der Waals surface area contributed by atoms with Gasteiger partial charge in [-0.2, -0.15) is 0 Å². The Hall–Kier alpha value is -0.880. The summed E-state index contributed by atoms with van der Waals surface area (Å²) < 4.78 is 29.5. The predicted octanol–water partition coefficient (Wildman–Crippen LogP) is 0.775. The van der Waals surface area contributed by atoms with Gasteiger partial charge in [0.2, 0.25) is 6.29 Å². The Bertz CT molecular complexity index is 250. The molecule has 0 rings (SSSR count). The fourth-order valence-corrected chi connectivity index (χ4v) is 1.12. The van der Waals surface area contributed by atoms with Gasteiger partial charge >= 0.3 is 5.97 Å². The highest BCUT2D eigenvalue weighted by Crippen LogP contribution is 2.07. The smallest absolute Gasteiger partial charge is 0.332 e. The quantitative estimate of drug-likeness (QED) is 0.298. The topological polar surface area (TPSA) is 69.7 Å². The second kappa shape index (κ2) is 7.52. The lowest BCUT2D eigenvalue weighted by molar-refractivity contribution is -0.157. The largest absolute Gasteiger partial charge is 0.431 e. The van der Waals surface area contributed by atoms with Crippen molar-refractivity contribution in [3.05, 3.63) is 12.7 Å². The van der Waals surface area contributed by atoms with Crippen molar-refractivity contribution in [1.29, 1.82) is 0 Å². The van der Waals surface area contributed by atoms with Gasteiger partial charge in [0.25, 0.3) is 11.0 Å². The second-order valence-electron chi connectivity index (χ2n) is 2.54. The Kier molecular flexibility index (Phi) is 7.04. The molecule has 0 fully saturated rings. The van der Waals surface area contributed by atoms with Gasteiger partial charge in [-0.25, -0.2) is 17.4 Å². The first-order valence-corrected chi connectivity index (χ1v) is 5.34. The highest BCUT2D eigenvalue weighted by molar-refractivity contribution is 7.67. The highest BCUT2D eigenvalue weighted by atomic mass is 32.2. The van der Waals surface area contributed by atoms with Crippen LogP contribution in [0, 0.1) is 0 Å². The van der Waals surface area contributed by atoms with E-state index in [4.69, 9.17) is 0 Å². The third-order valence-corrected chi connectivity index (χ3v) is 1.82. The minimum absolute atomic E-state index is 0.361. The first kappa shape index (κ1) is 13.1. The lowest BCUT2D eigenvalue weighted by Gasteiger charge is -2.12. The zero-order chi connectivity index (χ0) is 11.0. The summed E-state index contributed by atoms with van der Waals surface area (Å²) in [5.41, 5.74) is 0. The minimum atomic E-state index is -3.00. The number of thiol groups is 1. The van der Waals surface area contributed by atoms with E-state index in [0.29, 0.717) is 6.42 Å². The number of esters is 1. The minimum Gasteiger partial charge on any atom is -0.431 e. The predicted molar refractivity (Wildman–Crippen MR) is 51.0 cm³/mol. The highest BCUT2D eigenvalue weighted by Gasteiger charge is 2.13. The van der Waals surface area contributed by atoms with E-state index in [1.54, 1.807) is 0 Å². The maximum Gasteiger partial charge on any atom is 0.332 e. The monoisotopic (exact) mass is 222 g/mol. The summed E-state index contributed by atoms with van der Waals surface area (Å²) in [4.78, 5) is 10.7. The van der Waals surface area contributed by atoms with E-state index < -0.39 is 23.2 Å². The molecule has 0 saturated heterocycles. The SMILES string of the molecule is C=CC(=O)OC(CCCC)O[SH](=O)=O. The average Bonchev–Trinajstić information content (AvgIpc) is 2.13. The van der Waals surface area contributed by atoms with E-state index in [1.165, 1.54) is 0 Å². The van der Waals surface area contributed by atoms with Crippen LogP contribution in [0.1, 0.15) is 26.2 Å². The molecule has 0 aromatic carbocycles. The first-order valence-electron chi connectivity index (χ1n) is 4.24. The third-order valence-electron chi connectivity index (χ3n) is 1.41. The van der Waals surface area contributed by atoms with Crippen molar-refractivity contribution in [2.45, 2.75) is 32.5 Å². The maximum atomic E-state index is 10.7. The van der Waals surface area contributed by atoms with Gasteiger partial charge in [-0.3, -0.25) is 0 Å². The Morgan fingerprint density at radius 3 is 2.64 bits per heavy atom. The lowest BCUT2D eigenvalue weighted by atomic mass is 10.2. The number of ether oxygens (including phenoxy) is 1. The van der Waals surface area contributed by atoms with Crippen LogP contribution in [-0.4, -0.2) is 20.7 Å². The summed E-state index contributed by atoms with van der Waals surface area (Å²) in [6.45, 7) is 5.13. The summed E-state index contributed by atoms with van der Waals surface area (Å²) in [6.07, 6.45) is 1.88. The molecule has 0 aromatic rings. The summed E-state index contributed by atoms with van der Waals surface area (Å²) in [7, 11) is -3.00. The first-order chi connectivity index (χ1) is 6.60. The Morgan fingerprint density at radius 1 is 1.57 bits per heavy atom. The second-order valence-corrected chi connectivity index (χ2v) is 3.20. The molecule has 0 radical (unpaired) electrons. The van der Waals surface area contributed by atoms with E-state index in [0.717, 1.165) is 18.9 Å². The van der Waals surface area contributed by atoms with Crippen LogP contribution in [0.5, 0.6) is 0 Å². The molecule has 14 heavy (non-hydrogen) atoms. The van der Waals surface area contributed by atoms with Crippen LogP contribution >= 0.6 is 0 Å². The maximum absolute atomic E-state index is 10.7. The van der Waals surface area contributed by atoms with Gasteiger partial charge in [0.05, 0.1) is 0 Å². The molecule has 0 N–H and O–H groups in total. The molecule has 82 valence electrons. The van der Waals surface area contributed by atoms with Crippen molar-refractivity contribution in [3.63, 3.8) is 0 Å². The van der Waals surface area contributed by atoms with Crippen LogP contribution in [-0.2, 0) is 24.7 Å². The van der Waals surface area contributed by atoms with E-state index in [-0.39, 0.29) is 0 Å². The van der Waals surface area contributed by atoms with Gasteiger partial charge in [-0.15, -0.1) is 0 Å². The summed E-state index contributed by atoms with van der Waals surface area (Å²) in [6, 6.07) is 0. The molecular formula is C8H14O5S. The lowest BCUT2D eigenvalue weighted by Crippen LogP contribution is -2.19. The van der Waals surface area contributed by atoms with E-state index in [1.807, 2.05) is 6.92 Å². The van der Waals surface area contributed by atoms with Crippen LogP contribution in [0.3, 0.4) is 0 Å². The van der Waals surface area contributed by atoms with Crippen LogP contribution in [0.25, 0.3) is 0 Å². The number of rotatable bonds is 7. The van der Waals surface area contributed by atoms with E-state index in [9.17, 15) is 13.2 Å². The molecule has 1 unspecified atom stereocenters. The Labute approximate surface area is 84.9 Å². The molecule has 0 aliphatic rings.